The summed E-state index contributed by atoms with van der Waals surface area (Å²) in [6.45, 7) is 13.2. The summed E-state index contributed by atoms with van der Waals surface area (Å²) in [6.07, 6.45) is 2.04. The van der Waals surface area contributed by atoms with E-state index >= 15 is 0 Å². The Morgan fingerprint density at radius 3 is 2.09 bits per heavy atom. The SMILES string of the molecule is CO[Si](CCCON1CCC(C)C(C)(C)C1(C)C)(OC)OC. The fraction of sp³-hybridized carbons (Fsp3) is 1.00. The van der Waals surface area contributed by atoms with Crippen LogP contribution in [0.25, 0.3) is 0 Å². The van der Waals surface area contributed by atoms with Crippen LogP contribution >= 0.6 is 0 Å². The molecule has 6 heteroatoms. The van der Waals surface area contributed by atoms with E-state index in [0.717, 1.165) is 19.0 Å². The summed E-state index contributed by atoms with van der Waals surface area (Å²) >= 11 is 0. The fourth-order valence-electron chi connectivity index (χ4n) is 3.12. The number of nitrogens with zero attached hydrogens (tertiary/aromatic N) is 1. The van der Waals surface area contributed by atoms with Crippen LogP contribution in [0.2, 0.25) is 6.04 Å². The molecule has 22 heavy (non-hydrogen) atoms. The Morgan fingerprint density at radius 2 is 1.59 bits per heavy atom. The maximum atomic E-state index is 6.10. The van der Waals surface area contributed by atoms with E-state index in [0.29, 0.717) is 12.5 Å². The van der Waals surface area contributed by atoms with Gasteiger partial charge in [-0.05, 0) is 38.0 Å². The van der Waals surface area contributed by atoms with Crippen LogP contribution in [0, 0.1) is 11.3 Å². The molecule has 1 rings (SSSR count). The molecule has 0 aromatic rings. The first-order valence-electron chi connectivity index (χ1n) is 8.23. The van der Waals surface area contributed by atoms with Crippen molar-refractivity contribution in [3.8, 4) is 0 Å². The second-order valence-corrected chi connectivity index (χ2v) is 10.4. The molecular formula is C16H35NO4Si. The third kappa shape index (κ3) is 3.91. The Kier molecular flexibility index (Phi) is 7.04. The predicted octanol–water partition coefficient (Wildman–Crippen LogP) is 3.33. The van der Waals surface area contributed by atoms with E-state index in [1.165, 1.54) is 6.42 Å². The van der Waals surface area contributed by atoms with Gasteiger partial charge < -0.3 is 13.3 Å². The molecule has 0 radical (unpaired) electrons. The molecule has 0 amide bonds. The van der Waals surface area contributed by atoms with E-state index < -0.39 is 8.80 Å². The van der Waals surface area contributed by atoms with Gasteiger partial charge in [0.1, 0.15) is 0 Å². The van der Waals surface area contributed by atoms with Crippen molar-refractivity contribution in [2.45, 2.75) is 59.0 Å². The lowest BCUT2D eigenvalue weighted by atomic mass is 9.63. The molecule has 0 saturated carbocycles. The van der Waals surface area contributed by atoms with Gasteiger partial charge in [0.15, 0.2) is 0 Å². The van der Waals surface area contributed by atoms with Crippen molar-refractivity contribution < 1.29 is 18.1 Å². The van der Waals surface area contributed by atoms with Crippen LogP contribution in [-0.2, 0) is 18.1 Å². The maximum Gasteiger partial charge on any atom is 0.500 e. The molecule has 1 heterocycles. The molecule has 0 aromatic heterocycles. The van der Waals surface area contributed by atoms with Gasteiger partial charge >= 0.3 is 8.80 Å². The van der Waals surface area contributed by atoms with Gasteiger partial charge in [0.05, 0.1) is 6.61 Å². The Morgan fingerprint density at radius 1 is 1.05 bits per heavy atom. The average molecular weight is 334 g/mol. The van der Waals surface area contributed by atoms with Crippen LogP contribution in [0.3, 0.4) is 0 Å². The first-order valence-corrected chi connectivity index (χ1v) is 10.2. The molecular weight excluding hydrogens is 298 g/mol. The number of hydrogen-bond donors (Lipinski definition) is 0. The minimum absolute atomic E-state index is 0.0168. The zero-order valence-corrected chi connectivity index (χ0v) is 16.7. The molecule has 0 aliphatic carbocycles. The number of piperidine rings is 1. The van der Waals surface area contributed by atoms with Gasteiger partial charge in [-0.3, -0.25) is 4.84 Å². The summed E-state index contributed by atoms with van der Waals surface area (Å²) in [4.78, 5) is 6.10. The van der Waals surface area contributed by atoms with E-state index in [4.69, 9.17) is 18.1 Å². The molecule has 0 aromatic carbocycles. The minimum atomic E-state index is -2.48. The van der Waals surface area contributed by atoms with E-state index in [9.17, 15) is 0 Å². The van der Waals surface area contributed by atoms with Crippen molar-refractivity contribution in [2.75, 3.05) is 34.5 Å². The van der Waals surface area contributed by atoms with Gasteiger partial charge in [0, 0.05) is 39.5 Å². The van der Waals surface area contributed by atoms with Gasteiger partial charge in [0.2, 0.25) is 0 Å². The zero-order chi connectivity index (χ0) is 17.0. The van der Waals surface area contributed by atoms with E-state index in [2.05, 4.69) is 39.7 Å². The lowest BCUT2D eigenvalue weighted by Gasteiger charge is -2.55. The van der Waals surface area contributed by atoms with Gasteiger partial charge in [-0.1, -0.05) is 20.8 Å². The second kappa shape index (κ2) is 7.72. The van der Waals surface area contributed by atoms with Crippen LogP contribution in [0.4, 0.5) is 0 Å². The van der Waals surface area contributed by atoms with Crippen molar-refractivity contribution >= 4 is 8.80 Å². The van der Waals surface area contributed by atoms with Crippen LogP contribution in [-0.4, -0.2) is 53.9 Å². The lowest BCUT2D eigenvalue weighted by Crippen LogP contribution is -2.60. The highest BCUT2D eigenvalue weighted by atomic mass is 28.4. The summed E-state index contributed by atoms with van der Waals surface area (Å²) in [7, 11) is 2.47. The van der Waals surface area contributed by atoms with E-state index in [1.807, 2.05) is 0 Å². The van der Waals surface area contributed by atoms with E-state index in [-0.39, 0.29) is 11.0 Å². The topological polar surface area (TPSA) is 40.2 Å². The molecule has 0 bridgehead atoms. The Bertz CT molecular complexity index is 337. The first kappa shape index (κ1) is 20.1. The van der Waals surface area contributed by atoms with Gasteiger partial charge in [-0.25, -0.2) is 0 Å². The van der Waals surface area contributed by atoms with Crippen molar-refractivity contribution in [1.29, 1.82) is 0 Å². The first-order chi connectivity index (χ1) is 10.2. The molecule has 132 valence electrons. The number of hydrogen-bond acceptors (Lipinski definition) is 5. The van der Waals surface area contributed by atoms with Crippen LogP contribution in [0.15, 0.2) is 0 Å². The van der Waals surface area contributed by atoms with Crippen molar-refractivity contribution in [3.63, 3.8) is 0 Å². The third-order valence-electron chi connectivity index (χ3n) is 6.00. The number of rotatable bonds is 8. The molecule has 1 unspecified atom stereocenters. The lowest BCUT2D eigenvalue weighted by molar-refractivity contribution is -0.268. The molecule has 0 N–H and O–H groups in total. The largest absolute Gasteiger partial charge is 0.500 e. The fourth-order valence-corrected chi connectivity index (χ4v) is 4.81. The van der Waals surface area contributed by atoms with Crippen LogP contribution < -0.4 is 0 Å². The molecule has 1 aliphatic rings. The van der Waals surface area contributed by atoms with Crippen molar-refractivity contribution in [1.82, 2.24) is 5.06 Å². The van der Waals surface area contributed by atoms with Gasteiger partial charge in [0.25, 0.3) is 0 Å². The van der Waals surface area contributed by atoms with Gasteiger partial charge in [-0.15, -0.1) is 0 Å². The van der Waals surface area contributed by atoms with Gasteiger partial charge in [-0.2, -0.15) is 5.06 Å². The molecule has 0 spiro atoms. The summed E-state index contributed by atoms with van der Waals surface area (Å²) < 4.78 is 16.3. The summed E-state index contributed by atoms with van der Waals surface area (Å²) in [5.41, 5.74) is 0.234. The highest BCUT2D eigenvalue weighted by Crippen LogP contribution is 2.47. The minimum Gasteiger partial charge on any atom is -0.377 e. The average Bonchev–Trinajstić information content (AvgIpc) is 2.48. The standard InChI is InChI=1S/C16H35NO4Si/c1-14-10-11-17(16(4,5)15(14,2)3)21-12-9-13-22(18-6,19-7)20-8/h14H,9-13H2,1-8H3. The molecule has 1 saturated heterocycles. The zero-order valence-electron chi connectivity index (χ0n) is 15.7. The quantitative estimate of drug-likeness (QED) is 0.503. The monoisotopic (exact) mass is 333 g/mol. The highest BCUT2D eigenvalue weighted by molar-refractivity contribution is 6.60. The predicted molar refractivity (Wildman–Crippen MR) is 90.5 cm³/mol. The Balaban J connectivity index is 2.52. The molecule has 5 nitrogen and oxygen atoms in total. The Hall–Kier alpha value is 0.0169. The van der Waals surface area contributed by atoms with Crippen LogP contribution in [0.5, 0.6) is 0 Å². The van der Waals surface area contributed by atoms with E-state index in [1.54, 1.807) is 21.3 Å². The summed E-state index contributed by atoms with van der Waals surface area (Å²) in [6, 6.07) is 0.768. The highest BCUT2D eigenvalue weighted by Gasteiger charge is 2.49. The molecule has 1 fully saturated rings. The van der Waals surface area contributed by atoms with Crippen LogP contribution in [0.1, 0.15) is 47.5 Å². The second-order valence-electron chi connectivity index (χ2n) is 7.30. The third-order valence-corrected chi connectivity index (χ3v) is 8.84. The maximum absolute atomic E-state index is 6.10. The Labute approximate surface area is 137 Å². The van der Waals surface area contributed by atoms with Crippen molar-refractivity contribution in [2.24, 2.45) is 11.3 Å². The molecule has 1 aliphatic heterocycles. The summed E-state index contributed by atoms with van der Waals surface area (Å²) in [5.74, 6) is 0.692. The van der Waals surface area contributed by atoms with Crippen molar-refractivity contribution in [3.05, 3.63) is 0 Å². The molecule has 1 atom stereocenters. The summed E-state index contributed by atoms with van der Waals surface area (Å²) in [5, 5.41) is 2.17. The normalized spacial score (nSPS) is 25.4. The number of hydroxylamine groups is 2. The smallest absolute Gasteiger partial charge is 0.377 e.